The van der Waals surface area contributed by atoms with Crippen LogP contribution in [0.1, 0.15) is 6.42 Å². The molecule has 1 heterocycles. The number of nitrogens with one attached hydrogen (secondary N) is 1. The number of hydrogen-bond donors (Lipinski definition) is 1. The first-order chi connectivity index (χ1) is 8.79. The molecule has 0 aromatic heterocycles. The van der Waals surface area contributed by atoms with E-state index in [0.29, 0.717) is 12.1 Å². The number of ether oxygens (including phenoxy) is 1. The highest BCUT2D eigenvalue weighted by molar-refractivity contribution is 5.79. The van der Waals surface area contributed by atoms with E-state index in [4.69, 9.17) is 0 Å². The molecule has 104 valence electrons. The van der Waals surface area contributed by atoms with E-state index in [1.165, 1.54) is 0 Å². The van der Waals surface area contributed by atoms with E-state index < -0.39 is 54.1 Å². The molecular weight excluding hydrogens is 273 g/mol. The second-order valence-corrected chi connectivity index (χ2v) is 4.06. The summed E-state index contributed by atoms with van der Waals surface area (Å²) in [5, 5.41) is 2.18. The largest absolute Gasteiger partial charge is 0.456 e. The molecule has 1 aromatic rings. The third kappa shape index (κ3) is 2.77. The van der Waals surface area contributed by atoms with Gasteiger partial charge in [-0.25, -0.2) is 18.0 Å². The number of esters is 1. The van der Waals surface area contributed by atoms with Crippen molar-refractivity contribution in [3.8, 4) is 0 Å². The Morgan fingerprint density at radius 3 is 2.32 bits per heavy atom. The molecule has 0 amide bonds. The monoisotopic (exact) mass is 281 g/mol. The average Bonchev–Trinajstić information content (AvgIpc) is 2.51. The van der Waals surface area contributed by atoms with Crippen LogP contribution < -0.4 is 5.32 Å². The molecule has 0 radical (unpaired) electrons. The minimum absolute atomic E-state index is 0.402. The van der Waals surface area contributed by atoms with E-state index >= 15 is 0 Å². The third-order valence-electron chi connectivity index (χ3n) is 2.57. The molecule has 19 heavy (non-hydrogen) atoms. The summed E-state index contributed by atoms with van der Waals surface area (Å²) < 4.78 is 69.0. The number of cyclic esters (lactones) is 1. The zero-order chi connectivity index (χ0) is 14.2. The molecule has 1 aromatic carbocycles. The maximum absolute atomic E-state index is 13.2. The summed E-state index contributed by atoms with van der Waals surface area (Å²) in [5.41, 5.74) is -0.660. The predicted octanol–water partition coefficient (Wildman–Crippen LogP) is 2.47. The Kier molecular flexibility index (Phi) is 3.34. The summed E-state index contributed by atoms with van der Waals surface area (Å²) in [4.78, 5) is 10.7. The van der Waals surface area contributed by atoms with Crippen LogP contribution in [0.2, 0.25) is 0 Å². The molecule has 1 aliphatic rings. The second kappa shape index (κ2) is 4.67. The van der Waals surface area contributed by atoms with Gasteiger partial charge in [0.15, 0.2) is 11.6 Å². The highest BCUT2D eigenvalue weighted by Gasteiger charge is 2.50. The lowest BCUT2D eigenvalue weighted by Crippen LogP contribution is -2.22. The van der Waals surface area contributed by atoms with Crippen LogP contribution in [-0.2, 0) is 9.53 Å². The van der Waals surface area contributed by atoms with E-state index in [2.05, 4.69) is 10.1 Å². The van der Waals surface area contributed by atoms with Gasteiger partial charge in [-0.2, -0.15) is 8.78 Å². The fraction of sp³-hybridized carbons (Fsp3) is 0.364. The van der Waals surface area contributed by atoms with Gasteiger partial charge in [-0.3, -0.25) is 0 Å². The van der Waals surface area contributed by atoms with Crippen LogP contribution in [0.4, 0.5) is 27.6 Å². The van der Waals surface area contributed by atoms with Gasteiger partial charge in [-0.15, -0.1) is 0 Å². The minimum Gasteiger partial charge on any atom is -0.456 e. The molecule has 0 spiro atoms. The smallest absolute Gasteiger partial charge is 0.377 e. The van der Waals surface area contributed by atoms with Crippen LogP contribution in [0.5, 0.6) is 0 Å². The van der Waals surface area contributed by atoms with Crippen LogP contribution in [-0.4, -0.2) is 24.5 Å². The number of carbonyl (C=O) groups excluding carboxylic acids is 1. The first kappa shape index (κ1) is 13.6. The summed E-state index contributed by atoms with van der Waals surface area (Å²) >= 11 is 0. The Balaban J connectivity index is 2.03. The Morgan fingerprint density at radius 2 is 1.84 bits per heavy atom. The summed E-state index contributed by atoms with van der Waals surface area (Å²) in [6.07, 6.45) is -2.07. The molecule has 1 aliphatic heterocycles. The van der Waals surface area contributed by atoms with Gasteiger partial charge in [0.2, 0.25) is 0 Å². The molecular formula is C11H8F5NO2. The number of rotatable bonds is 3. The second-order valence-electron chi connectivity index (χ2n) is 4.06. The van der Waals surface area contributed by atoms with Crippen molar-refractivity contribution >= 4 is 11.7 Å². The number of benzene rings is 1. The van der Waals surface area contributed by atoms with Crippen molar-refractivity contribution < 1.29 is 31.5 Å². The molecule has 0 saturated carbocycles. The van der Waals surface area contributed by atoms with Crippen molar-refractivity contribution in [2.45, 2.75) is 18.4 Å². The Morgan fingerprint density at radius 1 is 1.26 bits per heavy atom. The molecule has 0 bridgehead atoms. The van der Waals surface area contributed by atoms with Gasteiger partial charge >= 0.3 is 11.9 Å². The van der Waals surface area contributed by atoms with Crippen molar-refractivity contribution in [1.29, 1.82) is 0 Å². The predicted molar refractivity (Wildman–Crippen MR) is 54.2 cm³/mol. The van der Waals surface area contributed by atoms with Crippen molar-refractivity contribution in [2.75, 3.05) is 11.9 Å². The maximum atomic E-state index is 13.2. The molecule has 0 aliphatic carbocycles. The SMILES string of the molecule is O=C1OC(CNc2c(F)cc(F)cc2F)CC1(F)F. The molecule has 2 rings (SSSR count). The van der Waals surface area contributed by atoms with Crippen LogP contribution in [0.15, 0.2) is 12.1 Å². The first-order valence-corrected chi connectivity index (χ1v) is 5.27. The van der Waals surface area contributed by atoms with E-state index in [1.54, 1.807) is 0 Å². The number of alkyl halides is 2. The standard InChI is InChI=1S/C11H8F5NO2/c12-5-1-7(13)9(8(14)2-5)17-4-6-3-11(15,16)10(18)19-6/h1-2,6,17H,3-4H2. The lowest BCUT2D eigenvalue weighted by atomic mass is 10.2. The van der Waals surface area contributed by atoms with Crippen molar-refractivity contribution in [3.63, 3.8) is 0 Å². The maximum Gasteiger partial charge on any atom is 0.377 e. The number of anilines is 1. The fourth-order valence-electron chi connectivity index (χ4n) is 1.69. The van der Waals surface area contributed by atoms with Gasteiger partial charge in [0.1, 0.15) is 17.6 Å². The Hall–Kier alpha value is -1.86. The number of halogens is 5. The van der Waals surface area contributed by atoms with Crippen LogP contribution in [0, 0.1) is 17.5 Å². The Bertz CT molecular complexity index is 497. The highest BCUT2D eigenvalue weighted by Crippen LogP contribution is 2.31. The van der Waals surface area contributed by atoms with Gasteiger partial charge in [0.25, 0.3) is 0 Å². The zero-order valence-electron chi connectivity index (χ0n) is 9.35. The normalized spacial score (nSPS) is 21.3. The van der Waals surface area contributed by atoms with Gasteiger partial charge in [-0.05, 0) is 0 Å². The minimum atomic E-state index is -3.59. The zero-order valence-corrected chi connectivity index (χ0v) is 9.35. The van der Waals surface area contributed by atoms with Crippen LogP contribution >= 0.6 is 0 Å². The van der Waals surface area contributed by atoms with E-state index in [1.807, 2.05) is 0 Å². The quantitative estimate of drug-likeness (QED) is 0.683. The molecule has 1 fully saturated rings. The van der Waals surface area contributed by atoms with Crippen LogP contribution in [0.3, 0.4) is 0 Å². The summed E-state index contributed by atoms with van der Waals surface area (Å²) in [7, 11) is 0. The van der Waals surface area contributed by atoms with Gasteiger partial charge in [-0.1, -0.05) is 0 Å². The van der Waals surface area contributed by atoms with E-state index in [-0.39, 0.29) is 0 Å². The summed E-state index contributed by atoms with van der Waals surface area (Å²) in [6, 6.07) is 0.890. The number of carbonyl (C=O) groups is 1. The molecule has 1 saturated heterocycles. The van der Waals surface area contributed by atoms with E-state index in [9.17, 15) is 26.7 Å². The topological polar surface area (TPSA) is 38.3 Å². The van der Waals surface area contributed by atoms with Gasteiger partial charge < -0.3 is 10.1 Å². The fourth-order valence-corrected chi connectivity index (χ4v) is 1.69. The average molecular weight is 281 g/mol. The molecule has 1 atom stereocenters. The van der Waals surface area contributed by atoms with Crippen LogP contribution in [0.25, 0.3) is 0 Å². The molecule has 8 heteroatoms. The molecule has 3 nitrogen and oxygen atoms in total. The Labute approximate surface area is 104 Å². The lowest BCUT2D eigenvalue weighted by molar-refractivity contribution is -0.158. The summed E-state index contributed by atoms with van der Waals surface area (Å²) in [6.45, 7) is -0.402. The van der Waals surface area contributed by atoms with Crippen molar-refractivity contribution in [3.05, 3.63) is 29.6 Å². The molecule has 1 unspecified atom stereocenters. The van der Waals surface area contributed by atoms with E-state index in [0.717, 1.165) is 0 Å². The lowest BCUT2D eigenvalue weighted by Gasteiger charge is -2.12. The number of hydrogen-bond acceptors (Lipinski definition) is 3. The summed E-state index contributed by atoms with van der Waals surface area (Å²) in [5.74, 6) is -8.76. The van der Waals surface area contributed by atoms with Gasteiger partial charge in [0, 0.05) is 12.1 Å². The first-order valence-electron chi connectivity index (χ1n) is 5.27. The third-order valence-corrected chi connectivity index (χ3v) is 2.57. The van der Waals surface area contributed by atoms with Gasteiger partial charge in [0.05, 0.1) is 13.0 Å². The molecule has 1 N–H and O–H groups in total. The highest BCUT2D eigenvalue weighted by atomic mass is 19.3. The van der Waals surface area contributed by atoms with Crippen molar-refractivity contribution in [2.24, 2.45) is 0 Å². The van der Waals surface area contributed by atoms with Crippen molar-refractivity contribution in [1.82, 2.24) is 0 Å².